The molecule has 1 saturated carbocycles. The minimum atomic E-state index is -1.09. The molecule has 0 aliphatic heterocycles. The smallest absolute Gasteiger partial charge is 0.356 e. The van der Waals surface area contributed by atoms with Crippen LogP contribution in [0.4, 0.5) is 0 Å². The third-order valence-electron chi connectivity index (χ3n) is 3.16. The van der Waals surface area contributed by atoms with Crippen molar-refractivity contribution in [2.24, 2.45) is 0 Å². The molecule has 0 aromatic carbocycles. The first-order valence-electron chi connectivity index (χ1n) is 6.06. The number of aromatic carboxylic acids is 1. The summed E-state index contributed by atoms with van der Waals surface area (Å²) >= 11 is 0. The Morgan fingerprint density at radius 1 is 1.42 bits per heavy atom. The van der Waals surface area contributed by atoms with Crippen molar-refractivity contribution in [2.75, 3.05) is 0 Å². The van der Waals surface area contributed by atoms with E-state index in [4.69, 9.17) is 9.84 Å². The molecule has 0 saturated heterocycles. The number of aromatic nitrogens is 3. The van der Waals surface area contributed by atoms with Gasteiger partial charge in [-0.15, -0.1) is 5.10 Å². The molecule has 0 amide bonds. The van der Waals surface area contributed by atoms with Crippen LogP contribution in [0, 0.1) is 0 Å². The minimum absolute atomic E-state index is 0.0394. The second kappa shape index (κ2) is 4.51. The van der Waals surface area contributed by atoms with Crippen molar-refractivity contribution in [1.82, 2.24) is 14.6 Å². The maximum Gasteiger partial charge on any atom is 0.356 e. The molecule has 1 aliphatic rings. The van der Waals surface area contributed by atoms with E-state index in [0.717, 1.165) is 12.8 Å². The lowest BCUT2D eigenvalue weighted by molar-refractivity contribution is 0.0691. The number of hydrogen-bond donors (Lipinski definition) is 2. The Kier molecular flexibility index (Phi) is 2.83. The summed E-state index contributed by atoms with van der Waals surface area (Å²) in [5, 5.41) is 22.4. The van der Waals surface area contributed by atoms with E-state index in [1.807, 2.05) is 0 Å². The Labute approximate surface area is 108 Å². The maximum atomic E-state index is 10.8. The van der Waals surface area contributed by atoms with Gasteiger partial charge < -0.3 is 14.9 Å². The second-order valence-corrected chi connectivity index (χ2v) is 4.61. The Bertz CT molecular complexity index is 624. The van der Waals surface area contributed by atoms with Gasteiger partial charge in [-0.3, -0.25) is 0 Å². The van der Waals surface area contributed by atoms with E-state index in [0.29, 0.717) is 17.9 Å². The fourth-order valence-corrected chi connectivity index (χ4v) is 2.23. The van der Waals surface area contributed by atoms with E-state index in [1.54, 1.807) is 12.1 Å². The first-order chi connectivity index (χ1) is 9.11. The molecule has 0 unspecified atom stereocenters. The van der Waals surface area contributed by atoms with Gasteiger partial charge in [0.15, 0.2) is 11.3 Å². The van der Waals surface area contributed by atoms with Gasteiger partial charge in [0.05, 0.1) is 12.3 Å². The number of rotatable bonds is 3. The molecule has 0 spiro atoms. The van der Waals surface area contributed by atoms with Gasteiger partial charge in [0.25, 0.3) is 0 Å². The molecule has 3 rings (SSSR count). The standard InChI is InChI=1S/C12H13N3O4/c16-7-1-2-8(5-7)19-11-4-3-10-13-9(12(17)18)6-15(10)14-11/h3-4,6-8,16H,1-2,5H2,(H,17,18)/t7-,8-/m0/s1. The summed E-state index contributed by atoms with van der Waals surface area (Å²) < 4.78 is 7.04. The summed E-state index contributed by atoms with van der Waals surface area (Å²) in [6.07, 6.45) is 3.13. The van der Waals surface area contributed by atoms with Gasteiger partial charge in [0.1, 0.15) is 6.10 Å². The average Bonchev–Trinajstić information content (AvgIpc) is 2.95. The molecule has 2 heterocycles. The van der Waals surface area contributed by atoms with Gasteiger partial charge >= 0.3 is 5.97 Å². The number of ether oxygens (including phenoxy) is 1. The van der Waals surface area contributed by atoms with Crippen LogP contribution in [0.25, 0.3) is 5.65 Å². The van der Waals surface area contributed by atoms with Crippen molar-refractivity contribution in [3.05, 3.63) is 24.0 Å². The molecule has 2 N–H and O–H groups in total. The highest BCUT2D eigenvalue weighted by Gasteiger charge is 2.24. The lowest BCUT2D eigenvalue weighted by atomic mass is 10.3. The number of hydrogen-bond acceptors (Lipinski definition) is 5. The van der Waals surface area contributed by atoms with Gasteiger partial charge in [-0.2, -0.15) is 0 Å². The third-order valence-corrected chi connectivity index (χ3v) is 3.16. The number of aliphatic hydroxyl groups excluding tert-OH is 1. The topological polar surface area (TPSA) is 97.0 Å². The van der Waals surface area contributed by atoms with Crippen molar-refractivity contribution in [1.29, 1.82) is 0 Å². The van der Waals surface area contributed by atoms with Gasteiger partial charge in [-0.1, -0.05) is 0 Å². The van der Waals surface area contributed by atoms with E-state index >= 15 is 0 Å². The lowest BCUT2D eigenvalue weighted by Crippen LogP contribution is -2.14. The Hall–Kier alpha value is -2.15. The van der Waals surface area contributed by atoms with Crippen LogP contribution in [0.1, 0.15) is 29.8 Å². The number of carboxylic acid groups (broad SMARTS) is 1. The molecule has 0 radical (unpaired) electrons. The molecule has 2 aromatic heterocycles. The zero-order chi connectivity index (χ0) is 13.4. The van der Waals surface area contributed by atoms with Crippen LogP contribution < -0.4 is 4.74 Å². The lowest BCUT2D eigenvalue weighted by Gasteiger charge is -2.11. The van der Waals surface area contributed by atoms with Crippen LogP contribution in [-0.2, 0) is 0 Å². The molecule has 1 aliphatic carbocycles. The molecular weight excluding hydrogens is 250 g/mol. The van der Waals surface area contributed by atoms with E-state index in [-0.39, 0.29) is 17.9 Å². The number of imidazole rings is 1. The molecule has 2 aromatic rings. The number of fused-ring (bicyclic) bond motifs is 1. The summed E-state index contributed by atoms with van der Waals surface area (Å²) in [5.74, 6) is -0.687. The van der Waals surface area contributed by atoms with Crippen LogP contribution >= 0.6 is 0 Å². The van der Waals surface area contributed by atoms with E-state index < -0.39 is 5.97 Å². The summed E-state index contributed by atoms with van der Waals surface area (Å²) in [6, 6.07) is 3.30. The van der Waals surface area contributed by atoms with Gasteiger partial charge in [0.2, 0.25) is 5.88 Å². The molecule has 7 nitrogen and oxygen atoms in total. The normalized spacial score (nSPS) is 22.8. The van der Waals surface area contributed by atoms with Crippen LogP contribution in [0.5, 0.6) is 5.88 Å². The monoisotopic (exact) mass is 263 g/mol. The Morgan fingerprint density at radius 2 is 2.26 bits per heavy atom. The highest BCUT2D eigenvalue weighted by molar-refractivity contribution is 5.85. The van der Waals surface area contributed by atoms with Crippen molar-refractivity contribution in [2.45, 2.75) is 31.5 Å². The number of aliphatic hydroxyl groups is 1. The second-order valence-electron chi connectivity index (χ2n) is 4.61. The quantitative estimate of drug-likeness (QED) is 0.846. The third kappa shape index (κ3) is 2.37. The SMILES string of the molecule is O=C(O)c1cn2nc(O[C@H]3CC[C@H](O)C3)ccc2n1. The summed E-state index contributed by atoms with van der Waals surface area (Å²) in [6.45, 7) is 0. The van der Waals surface area contributed by atoms with E-state index in [2.05, 4.69) is 10.1 Å². The largest absolute Gasteiger partial charge is 0.476 e. The number of carboxylic acids is 1. The van der Waals surface area contributed by atoms with Crippen LogP contribution in [0.2, 0.25) is 0 Å². The van der Waals surface area contributed by atoms with Gasteiger partial charge in [-0.05, 0) is 18.9 Å². The van der Waals surface area contributed by atoms with Crippen molar-refractivity contribution in [3.8, 4) is 5.88 Å². The number of nitrogens with zero attached hydrogens (tertiary/aromatic N) is 3. The summed E-state index contributed by atoms with van der Waals surface area (Å²) in [7, 11) is 0. The molecular formula is C12H13N3O4. The highest BCUT2D eigenvalue weighted by Crippen LogP contribution is 2.23. The fourth-order valence-electron chi connectivity index (χ4n) is 2.23. The average molecular weight is 263 g/mol. The van der Waals surface area contributed by atoms with E-state index in [9.17, 15) is 9.90 Å². The van der Waals surface area contributed by atoms with Crippen molar-refractivity contribution < 1.29 is 19.7 Å². The number of carbonyl (C=O) groups is 1. The summed E-state index contributed by atoms with van der Waals surface area (Å²) in [5.41, 5.74) is 0.400. The zero-order valence-electron chi connectivity index (χ0n) is 10.1. The molecule has 19 heavy (non-hydrogen) atoms. The molecule has 0 bridgehead atoms. The predicted octanol–water partition coefficient (Wildman–Crippen LogP) is 0.720. The van der Waals surface area contributed by atoms with Crippen molar-refractivity contribution in [3.63, 3.8) is 0 Å². The maximum absolute atomic E-state index is 10.8. The zero-order valence-corrected chi connectivity index (χ0v) is 10.1. The van der Waals surface area contributed by atoms with Crippen LogP contribution in [0.15, 0.2) is 18.3 Å². The summed E-state index contributed by atoms with van der Waals surface area (Å²) in [4.78, 5) is 14.7. The Morgan fingerprint density at radius 3 is 2.95 bits per heavy atom. The van der Waals surface area contributed by atoms with Crippen molar-refractivity contribution >= 4 is 11.6 Å². The predicted molar refractivity (Wildman–Crippen MR) is 64.2 cm³/mol. The first kappa shape index (κ1) is 11.9. The molecule has 7 heteroatoms. The first-order valence-corrected chi connectivity index (χ1v) is 6.06. The highest BCUT2D eigenvalue weighted by atomic mass is 16.5. The van der Waals surface area contributed by atoms with Crippen LogP contribution in [0.3, 0.4) is 0 Å². The molecule has 2 atom stereocenters. The fraction of sp³-hybridized carbons (Fsp3) is 0.417. The van der Waals surface area contributed by atoms with Gasteiger partial charge in [-0.25, -0.2) is 14.3 Å². The van der Waals surface area contributed by atoms with Crippen LogP contribution in [-0.4, -0.2) is 43.0 Å². The molecule has 1 fully saturated rings. The van der Waals surface area contributed by atoms with Gasteiger partial charge in [0, 0.05) is 12.5 Å². The molecule has 100 valence electrons. The minimum Gasteiger partial charge on any atom is -0.476 e. The van der Waals surface area contributed by atoms with E-state index in [1.165, 1.54) is 10.7 Å². The Balaban J connectivity index is 1.83.